The first-order valence-corrected chi connectivity index (χ1v) is 9.63. The number of hydrogen-bond donors (Lipinski definition) is 0. The molecule has 6 radical (unpaired) electrons. The van der Waals surface area contributed by atoms with Gasteiger partial charge in [0.05, 0.1) is 11.4 Å². The predicted molar refractivity (Wildman–Crippen MR) is 137 cm³/mol. The van der Waals surface area contributed by atoms with Crippen LogP contribution in [0, 0.1) is 33.8 Å². The summed E-state index contributed by atoms with van der Waals surface area (Å²) in [7, 11) is 0. The molecule has 4 heteroatoms. The Hall–Kier alpha value is -1.66. The molecule has 156 valence electrons. The maximum absolute atomic E-state index is 4.89. The van der Waals surface area contributed by atoms with E-state index in [2.05, 4.69) is 88.4 Å². The fourth-order valence-corrected chi connectivity index (χ4v) is 3.31. The van der Waals surface area contributed by atoms with E-state index in [9.17, 15) is 0 Å². The van der Waals surface area contributed by atoms with E-state index in [4.69, 9.17) is 9.98 Å². The average molecular weight is 572 g/mol. The molecule has 0 aliphatic rings. The summed E-state index contributed by atoms with van der Waals surface area (Å²) in [6.45, 7) is 12.5. The first-order chi connectivity index (χ1) is 13.4. The van der Waals surface area contributed by atoms with Crippen LogP contribution in [0.1, 0.15) is 50.1 Å². The molecule has 0 N–H and O–H groups in total. The van der Waals surface area contributed by atoms with E-state index in [1.165, 1.54) is 22.3 Å². The first-order valence-electron chi connectivity index (χ1n) is 9.63. The van der Waals surface area contributed by atoms with Crippen LogP contribution in [0.5, 0.6) is 0 Å². The number of para-hydroxylation sites is 2. The molecule has 0 amide bonds. The SMILES string of the molecule is CC(=Nc1c(C)cccc1C)c1[c]c(C(C)=Nc2c(C)cccc2C)ccc1.[HH].[HH].[Sb].[Se]. The van der Waals surface area contributed by atoms with Gasteiger partial charge in [0, 0.05) is 73.0 Å². The van der Waals surface area contributed by atoms with E-state index in [0.29, 0.717) is 0 Å². The van der Waals surface area contributed by atoms with Gasteiger partial charge in [-0.15, -0.1) is 0 Å². The third-order valence-electron chi connectivity index (χ3n) is 5.01. The smallest absolute Gasteiger partial charge is 0.0691 e. The summed E-state index contributed by atoms with van der Waals surface area (Å²) < 4.78 is 0. The maximum atomic E-state index is 4.89. The number of rotatable bonds is 4. The number of hydrogen-bond acceptors (Lipinski definition) is 2. The third-order valence-corrected chi connectivity index (χ3v) is 5.01. The molecule has 30 heavy (non-hydrogen) atoms. The number of aryl methyl sites for hydroxylation is 4. The van der Waals surface area contributed by atoms with Crippen LogP contribution < -0.4 is 0 Å². The van der Waals surface area contributed by atoms with Gasteiger partial charge in [-0.3, -0.25) is 9.98 Å². The molecular formula is C26H31N2SbSe. The van der Waals surface area contributed by atoms with Gasteiger partial charge in [0.2, 0.25) is 0 Å². The molecule has 0 unspecified atom stereocenters. The van der Waals surface area contributed by atoms with Gasteiger partial charge in [-0.2, -0.15) is 0 Å². The largest absolute Gasteiger partial charge is 0.253 e. The Labute approximate surface area is 211 Å². The van der Waals surface area contributed by atoms with Crippen LogP contribution in [0.2, 0.25) is 0 Å². The average Bonchev–Trinajstić information content (AvgIpc) is 2.67. The number of benzene rings is 3. The minimum atomic E-state index is 0. The molecule has 2 nitrogen and oxygen atoms in total. The summed E-state index contributed by atoms with van der Waals surface area (Å²) >= 11 is 0. The fourth-order valence-electron chi connectivity index (χ4n) is 3.31. The molecule has 0 aliphatic carbocycles. The van der Waals surface area contributed by atoms with E-state index in [0.717, 1.165) is 33.9 Å². The molecule has 3 aromatic rings. The monoisotopic (exact) mass is 572 g/mol. The molecular weight excluding hydrogens is 541 g/mol. The maximum Gasteiger partial charge on any atom is 0.0691 e. The summed E-state index contributed by atoms with van der Waals surface area (Å²) in [6.07, 6.45) is 0. The zero-order valence-electron chi connectivity index (χ0n) is 18.4. The minimum Gasteiger partial charge on any atom is -0.253 e. The van der Waals surface area contributed by atoms with Crippen molar-refractivity contribution in [2.45, 2.75) is 41.5 Å². The Morgan fingerprint density at radius 3 is 1.27 bits per heavy atom. The Bertz CT molecular complexity index is 972. The summed E-state index contributed by atoms with van der Waals surface area (Å²) in [4.78, 5) is 9.77. The molecule has 0 heterocycles. The summed E-state index contributed by atoms with van der Waals surface area (Å²) in [5, 5.41) is 0. The standard InChI is InChI=1S/C26H27N2.Sb.Se.2H2/c1-17-10-7-11-18(2)25(17)27-21(5)23-14-9-15-24(16-23)22(6)28-26-19(3)12-8-13-20(26)4;;;;/h7-15H,1-6H3;;;2*1H. The summed E-state index contributed by atoms with van der Waals surface area (Å²) in [5.74, 6) is 0. The van der Waals surface area contributed by atoms with Crippen LogP contribution in [0.3, 0.4) is 0 Å². The van der Waals surface area contributed by atoms with Crippen LogP contribution in [0.4, 0.5) is 11.4 Å². The van der Waals surface area contributed by atoms with Crippen LogP contribution in [-0.4, -0.2) is 52.9 Å². The fraction of sp³-hybridized carbons (Fsp3) is 0.231. The van der Waals surface area contributed by atoms with Gasteiger partial charge < -0.3 is 0 Å². The molecule has 3 rings (SSSR count). The summed E-state index contributed by atoms with van der Waals surface area (Å²) in [6, 6.07) is 22.2. The topological polar surface area (TPSA) is 24.7 Å². The van der Waals surface area contributed by atoms with Crippen LogP contribution >= 0.6 is 0 Å². The van der Waals surface area contributed by atoms with Crippen molar-refractivity contribution >= 4 is 64.3 Å². The summed E-state index contributed by atoms with van der Waals surface area (Å²) in [5.41, 5.74) is 10.7. The van der Waals surface area contributed by atoms with Crippen molar-refractivity contribution in [2.24, 2.45) is 9.98 Å². The van der Waals surface area contributed by atoms with Crippen molar-refractivity contribution < 1.29 is 2.85 Å². The molecule has 0 atom stereocenters. The number of nitrogens with zero attached hydrogens (tertiary/aromatic N) is 2. The van der Waals surface area contributed by atoms with Gasteiger partial charge in [-0.05, 0) is 63.8 Å². The Balaban J connectivity index is 0. The van der Waals surface area contributed by atoms with E-state index in [1.807, 2.05) is 13.8 Å². The van der Waals surface area contributed by atoms with Gasteiger partial charge in [-0.1, -0.05) is 54.6 Å². The van der Waals surface area contributed by atoms with Gasteiger partial charge in [0.15, 0.2) is 0 Å². The van der Waals surface area contributed by atoms with Gasteiger partial charge in [0.1, 0.15) is 0 Å². The Morgan fingerprint density at radius 2 is 0.933 bits per heavy atom. The molecule has 3 aromatic carbocycles. The minimum absolute atomic E-state index is 0. The van der Waals surface area contributed by atoms with E-state index in [-0.39, 0.29) is 44.3 Å². The normalized spacial score (nSPS) is 11.5. The third kappa shape index (κ3) is 6.17. The van der Waals surface area contributed by atoms with Crippen molar-refractivity contribution in [2.75, 3.05) is 0 Å². The van der Waals surface area contributed by atoms with E-state index >= 15 is 0 Å². The molecule has 0 fully saturated rings. The molecule has 0 aliphatic heterocycles. The van der Waals surface area contributed by atoms with Crippen molar-refractivity contribution in [1.82, 2.24) is 0 Å². The van der Waals surface area contributed by atoms with Crippen LogP contribution in [0.15, 0.2) is 64.6 Å². The van der Waals surface area contributed by atoms with Crippen molar-refractivity contribution in [3.05, 3.63) is 94.0 Å². The van der Waals surface area contributed by atoms with E-state index in [1.54, 1.807) is 0 Å². The second kappa shape index (κ2) is 11.7. The van der Waals surface area contributed by atoms with Gasteiger partial charge in [-0.25, -0.2) is 0 Å². The van der Waals surface area contributed by atoms with Crippen molar-refractivity contribution in [3.8, 4) is 0 Å². The second-order valence-electron chi connectivity index (χ2n) is 7.35. The first kappa shape index (κ1) is 26.4. The molecule has 0 aromatic heterocycles. The van der Waals surface area contributed by atoms with Crippen molar-refractivity contribution in [3.63, 3.8) is 0 Å². The second-order valence-corrected chi connectivity index (χ2v) is 7.35. The zero-order valence-corrected chi connectivity index (χ0v) is 22.7. The predicted octanol–water partition coefficient (Wildman–Crippen LogP) is 6.73. The van der Waals surface area contributed by atoms with Crippen LogP contribution in [-0.2, 0) is 0 Å². The van der Waals surface area contributed by atoms with Gasteiger partial charge >= 0.3 is 0 Å². The van der Waals surface area contributed by atoms with Gasteiger partial charge in [0.25, 0.3) is 0 Å². The quantitative estimate of drug-likeness (QED) is 0.245. The molecule has 0 spiro atoms. The molecule has 0 saturated heterocycles. The van der Waals surface area contributed by atoms with Crippen molar-refractivity contribution in [1.29, 1.82) is 0 Å². The molecule has 0 saturated carbocycles. The molecule has 0 bridgehead atoms. The zero-order chi connectivity index (χ0) is 20.3. The Kier molecular flexibility index (Phi) is 10.2. The van der Waals surface area contributed by atoms with E-state index < -0.39 is 0 Å². The Morgan fingerprint density at radius 1 is 0.633 bits per heavy atom. The number of aliphatic imine (C=N–C) groups is 2. The van der Waals surface area contributed by atoms with Crippen LogP contribution in [0.25, 0.3) is 0 Å².